The quantitative estimate of drug-likeness (QED) is 0.221. The Morgan fingerprint density at radius 3 is 1.86 bits per heavy atom. The highest BCUT2D eigenvalue weighted by Crippen LogP contribution is 2.28. The third kappa shape index (κ3) is 10.6. The molecule has 1 rings (SSSR count). The van der Waals surface area contributed by atoms with Gasteiger partial charge in [-0.15, -0.1) is 0 Å². The molecule has 2 heteroatoms. The van der Waals surface area contributed by atoms with Gasteiger partial charge in [0, 0.05) is 6.42 Å². The number of hydrogen-bond donors (Lipinski definition) is 0. The van der Waals surface area contributed by atoms with Crippen LogP contribution >= 0.6 is 0 Å². The van der Waals surface area contributed by atoms with E-state index < -0.39 is 5.60 Å². The van der Waals surface area contributed by atoms with Crippen LogP contribution in [0.4, 0.5) is 0 Å². The lowest BCUT2D eigenvalue weighted by Gasteiger charge is -2.33. The summed E-state index contributed by atoms with van der Waals surface area (Å²) in [6.07, 6.45) is 28.6. The monoisotopic (exact) mass is 390 g/mol. The Kier molecular flexibility index (Phi) is 14.3. The fourth-order valence-electron chi connectivity index (χ4n) is 4.13. The minimum Gasteiger partial charge on any atom is -0.360 e. The van der Waals surface area contributed by atoms with E-state index in [0.717, 1.165) is 19.3 Å². The van der Waals surface area contributed by atoms with E-state index >= 15 is 0 Å². The van der Waals surface area contributed by atoms with Crippen molar-refractivity contribution < 1.29 is 9.53 Å². The Morgan fingerprint density at radius 2 is 1.39 bits per heavy atom. The van der Waals surface area contributed by atoms with Crippen molar-refractivity contribution in [2.24, 2.45) is 0 Å². The van der Waals surface area contributed by atoms with Crippen LogP contribution in [0.1, 0.15) is 124 Å². The summed E-state index contributed by atoms with van der Waals surface area (Å²) in [6.45, 7) is 6.15. The molecule has 2 atom stereocenters. The van der Waals surface area contributed by atoms with Crippen LogP contribution in [0, 0.1) is 0 Å². The molecular weight excluding hydrogens is 344 g/mol. The molecule has 1 aliphatic rings. The van der Waals surface area contributed by atoms with Crippen molar-refractivity contribution in [3.05, 3.63) is 24.3 Å². The number of unbranched alkanes of at least 4 members (excludes halogenated alkanes) is 11. The van der Waals surface area contributed by atoms with Crippen molar-refractivity contribution in [3.8, 4) is 0 Å². The van der Waals surface area contributed by atoms with Crippen LogP contribution in [-0.4, -0.2) is 17.5 Å². The van der Waals surface area contributed by atoms with Crippen LogP contribution in [0.25, 0.3) is 0 Å². The average Bonchev–Trinajstić information content (AvgIpc) is 2.69. The highest BCUT2D eigenvalue weighted by atomic mass is 16.5. The lowest BCUT2D eigenvalue weighted by Crippen LogP contribution is -2.42. The van der Waals surface area contributed by atoms with E-state index in [2.05, 4.69) is 13.8 Å². The summed E-state index contributed by atoms with van der Waals surface area (Å²) in [5.41, 5.74) is -0.717. The molecule has 162 valence electrons. The standard InChI is InChI=1S/C26H46O2/c1-4-6-7-8-9-10-11-12-13-14-15-17-21-25(20-5-2)28-26(24(3)27)22-18-16-19-23-26/h16,18-19,22,25H,4-15,17,20-21,23H2,1-3H3. The molecule has 0 aliphatic heterocycles. The number of hydrogen-bond acceptors (Lipinski definition) is 2. The first kappa shape index (κ1) is 25.1. The molecule has 0 saturated carbocycles. The molecule has 0 heterocycles. The first-order valence-corrected chi connectivity index (χ1v) is 12.2. The van der Waals surface area contributed by atoms with Crippen molar-refractivity contribution in [3.63, 3.8) is 0 Å². The van der Waals surface area contributed by atoms with Gasteiger partial charge in [0.2, 0.25) is 0 Å². The smallest absolute Gasteiger partial charge is 0.165 e. The number of ether oxygens (including phenoxy) is 1. The van der Waals surface area contributed by atoms with Gasteiger partial charge in [0.15, 0.2) is 5.78 Å². The molecule has 0 aromatic carbocycles. The van der Waals surface area contributed by atoms with Crippen molar-refractivity contribution >= 4 is 5.78 Å². The van der Waals surface area contributed by atoms with E-state index in [1.165, 1.54) is 77.0 Å². The van der Waals surface area contributed by atoms with Gasteiger partial charge in [-0.05, 0) is 25.8 Å². The lowest BCUT2D eigenvalue weighted by molar-refractivity contribution is -0.143. The van der Waals surface area contributed by atoms with Crippen molar-refractivity contribution in [2.45, 2.75) is 135 Å². The molecule has 0 aromatic heterocycles. The number of ketones is 1. The Balaban J connectivity index is 2.14. The van der Waals surface area contributed by atoms with E-state index in [4.69, 9.17) is 4.74 Å². The molecule has 0 saturated heterocycles. The normalized spacial score (nSPS) is 19.8. The van der Waals surface area contributed by atoms with Crippen LogP contribution in [0.2, 0.25) is 0 Å². The van der Waals surface area contributed by atoms with E-state index in [1.54, 1.807) is 6.92 Å². The molecule has 2 nitrogen and oxygen atoms in total. The summed E-state index contributed by atoms with van der Waals surface area (Å²) >= 11 is 0. The zero-order valence-electron chi connectivity index (χ0n) is 19.0. The Labute approximate surface area is 175 Å². The lowest BCUT2D eigenvalue weighted by atomic mass is 9.90. The zero-order valence-corrected chi connectivity index (χ0v) is 19.0. The zero-order chi connectivity index (χ0) is 20.5. The van der Waals surface area contributed by atoms with Gasteiger partial charge >= 0.3 is 0 Å². The van der Waals surface area contributed by atoms with Gasteiger partial charge in [-0.25, -0.2) is 0 Å². The molecular formula is C26H46O2. The number of allylic oxidation sites excluding steroid dienone is 2. The maximum Gasteiger partial charge on any atom is 0.165 e. The molecule has 0 bridgehead atoms. The largest absolute Gasteiger partial charge is 0.360 e. The predicted molar refractivity (Wildman–Crippen MR) is 122 cm³/mol. The Morgan fingerprint density at radius 1 is 0.821 bits per heavy atom. The second-order valence-electron chi connectivity index (χ2n) is 8.64. The summed E-state index contributed by atoms with van der Waals surface area (Å²) in [5, 5.41) is 0. The van der Waals surface area contributed by atoms with Crippen LogP contribution in [-0.2, 0) is 9.53 Å². The third-order valence-corrected chi connectivity index (χ3v) is 6.00. The van der Waals surface area contributed by atoms with Gasteiger partial charge in [0.1, 0.15) is 5.60 Å². The second-order valence-corrected chi connectivity index (χ2v) is 8.64. The van der Waals surface area contributed by atoms with Gasteiger partial charge in [-0.1, -0.05) is 116 Å². The molecule has 1 aliphatic carbocycles. The molecule has 0 spiro atoms. The maximum atomic E-state index is 12.2. The van der Waals surface area contributed by atoms with E-state index in [1.807, 2.05) is 24.3 Å². The summed E-state index contributed by atoms with van der Waals surface area (Å²) in [4.78, 5) is 12.2. The molecule has 0 aromatic rings. The SMILES string of the molecule is CCCCCCCCCCCCCCC(CCC)OC1(C(C)=O)C=CC=CC1. The second kappa shape index (κ2) is 16.0. The van der Waals surface area contributed by atoms with Crippen LogP contribution < -0.4 is 0 Å². The topological polar surface area (TPSA) is 26.3 Å². The van der Waals surface area contributed by atoms with Gasteiger partial charge in [0.25, 0.3) is 0 Å². The van der Waals surface area contributed by atoms with Crippen molar-refractivity contribution in [1.82, 2.24) is 0 Å². The summed E-state index contributed by atoms with van der Waals surface area (Å²) in [7, 11) is 0. The number of Topliss-reactive ketones (excluding diaryl/α,β-unsaturated/α-hetero) is 1. The van der Waals surface area contributed by atoms with Crippen LogP contribution in [0.3, 0.4) is 0 Å². The minimum absolute atomic E-state index is 0.129. The molecule has 0 radical (unpaired) electrons. The highest BCUT2D eigenvalue weighted by molar-refractivity contribution is 5.87. The van der Waals surface area contributed by atoms with E-state index in [9.17, 15) is 4.79 Å². The minimum atomic E-state index is -0.717. The highest BCUT2D eigenvalue weighted by Gasteiger charge is 2.35. The van der Waals surface area contributed by atoms with Gasteiger partial charge in [-0.2, -0.15) is 0 Å². The number of carbonyl (C=O) groups excluding carboxylic acids is 1. The summed E-state index contributed by atoms with van der Waals surface area (Å²) in [5.74, 6) is 0.129. The predicted octanol–water partition coefficient (Wildman–Crippen LogP) is 8.11. The fraction of sp³-hybridized carbons (Fsp3) is 0.808. The van der Waals surface area contributed by atoms with E-state index in [-0.39, 0.29) is 11.9 Å². The molecule has 0 N–H and O–H groups in total. The first-order valence-electron chi connectivity index (χ1n) is 12.2. The first-order chi connectivity index (χ1) is 13.6. The number of rotatable bonds is 18. The fourth-order valence-corrected chi connectivity index (χ4v) is 4.13. The number of carbonyl (C=O) groups is 1. The Hall–Kier alpha value is -0.890. The van der Waals surface area contributed by atoms with E-state index in [0.29, 0.717) is 6.42 Å². The maximum absolute atomic E-state index is 12.2. The molecule has 0 fully saturated rings. The van der Waals surface area contributed by atoms with Crippen molar-refractivity contribution in [1.29, 1.82) is 0 Å². The summed E-state index contributed by atoms with van der Waals surface area (Å²) < 4.78 is 6.39. The van der Waals surface area contributed by atoms with Gasteiger partial charge < -0.3 is 4.74 Å². The molecule has 2 unspecified atom stereocenters. The summed E-state index contributed by atoms with van der Waals surface area (Å²) in [6, 6.07) is 0. The van der Waals surface area contributed by atoms with Crippen LogP contribution in [0.15, 0.2) is 24.3 Å². The third-order valence-electron chi connectivity index (χ3n) is 6.00. The van der Waals surface area contributed by atoms with Gasteiger partial charge in [0.05, 0.1) is 6.10 Å². The average molecular weight is 391 g/mol. The molecule has 28 heavy (non-hydrogen) atoms. The van der Waals surface area contributed by atoms with Crippen LogP contribution in [0.5, 0.6) is 0 Å². The Bertz CT molecular complexity index is 451. The van der Waals surface area contributed by atoms with Crippen molar-refractivity contribution in [2.75, 3.05) is 0 Å². The molecule has 0 amide bonds. The van der Waals surface area contributed by atoms with Gasteiger partial charge in [-0.3, -0.25) is 4.79 Å².